The van der Waals surface area contributed by atoms with Gasteiger partial charge in [-0.15, -0.1) is 0 Å². The maximum Gasteiger partial charge on any atom is 0.228 e. The Morgan fingerprint density at radius 1 is 1.47 bits per heavy atom. The normalized spacial score (nSPS) is 21.3. The summed E-state index contributed by atoms with van der Waals surface area (Å²) in [5, 5.41) is 0. The fraction of sp³-hybridized carbons (Fsp3) is 0.917. The Morgan fingerprint density at radius 2 is 2.00 bits per heavy atom. The lowest BCUT2D eigenvalue weighted by molar-refractivity contribution is -0.140. The minimum atomic E-state index is -0.0942. The molecule has 0 heterocycles. The number of nitrogens with two attached hydrogens (primary N) is 1. The molecule has 1 aliphatic carbocycles. The SMILES string of the molecule is CC(CN)CN(C)C(=O)C1(C)CCCC1. The highest BCUT2D eigenvalue weighted by atomic mass is 16.2. The standard InChI is InChI=1S/C12H24N2O/c1-10(8-13)9-14(3)11(15)12(2)6-4-5-7-12/h10H,4-9,13H2,1-3H3. The highest BCUT2D eigenvalue weighted by Crippen LogP contribution is 2.38. The lowest BCUT2D eigenvalue weighted by Crippen LogP contribution is -2.41. The van der Waals surface area contributed by atoms with E-state index in [4.69, 9.17) is 5.73 Å². The first kappa shape index (κ1) is 12.5. The van der Waals surface area contributed by atoms with Crippen molar-refractivity contribution in [1.82, 2.24) is 4.90 Å². The predicted molar refractivity (Wildman–Crippen MR) is 62.4 cm³/mol. The largest absolute Gasteiger partial charge is 0.345 e. The first-order valence-corrected chi connectivity index (χ1v) is 5.95. The van der Waals surface area contributed by atoms with Gasteiger partial charge in [-0.05, 0) is 25.3 Å². The average molecular weight is 212 g/mol. The van der Waals surface area contributed by atoms with Gasteiger partial charge < -0.3 is 10.6 Å². The number of rotatable bonds is 4. The Hall–Kier alpha value is -0.570. The van der Waals surface area contributed by atoms with Crippen molar-refractivity contribution in [3.63, 3.8) is 0 Å². The summed E-state index contributed by atoms with van der Waals surface area (Å²) < 4.78 is 0. The van der Waals surface area contributed by atoms with E-state index in [9.17, 15) is 4.79 Å². The maximum absolute atomic E-state index is 12.2. The lowest BCUT2D eigenvalue weighted by Gasteiger charge is -2.30. The van der Waals surface area contributed by atoms with Crippen LogP contribution in [0.25, 0.3) is 0 Å². The van der Waals surface area contributed by atoms with Crippen LogP contribution in [0.4, 0.5) is 0 Å². The molecule has 88 valence electrons. The van der Waals surface area contributed by atoms with Crippen LogP contribution in [0.15, 0.2) is 0 Å². The molecule has 0 radical (unpaired) electrons. The number of nitrogens with zero attached hydrogens (tertiary/aromatic N) is 1. The molecule has 0 aromatic rings. The molecule has 1 aliphatic rings. The summed E-state index contributed by atoms with van der Waals surface area (Å²) in [6, 6.07) is 0. The Labute approximate surface area is 93.0 Å². The van der Waals surface area contributed by atoms with Crippen molar-refractivity contribution in [2.24, 2.45) is 17.1 Å². The quantitative estimate of drug-likeness (QED) is 0.769. The third kappa shape index (κ3) is 2.94. The number of hydrogen-bond acceptors (Lipinski definition) is 2. The van der Waals surface area contributed by atoms with E-state index in [1.807, 2.05) is 11.9 Å². The second kappa shape index (κ2) is 4.97. The summed E-state index contributed by atoms with van der Waals surface area (Å²) in [5.74, 6) is 0.698. The number of amides is 1. The molecule has 15 heavy (non-hydrogen) atoms. The van der Waals surface area contributed by atoms with Crippen molar-refractivity contribution in [3.05, 3.63) is 0 Å². The van der Waals surface area contributed by atoms with Gasteiger partial charge in [0.05, 0.1) is 0 Å². The van der Waals surface area contributed by atoms with Gasteiger partial charge in [0.15, 0.2) is 0 Å². The average Bonchev–Trinajstić information content (AvgIpc) is 2.65. The van der Waals surface area contributed by atoms with Gasteiger partial charge >= 0.3 is 0 Å². The predicted octanol–water partition coefficient (Wildman–Crippen LogP) is 1.62. The third-order valence-corrected chi connectivity index (χ3v) is 3.56. The van der Waals surface area contributed by atoms with Gasteiger partial charge in [-0.1, -0.05) is 26.7 Å². The Bertz CT molecular complexity index is 222. The van der Waals surface area contributed by atoms with E-state index >= 15 is 0 Å². The fourth-order valence-corrected chi connectivity index (χ4v) is 2.45. The van der Waals surface area contributed by atoms with E-state index in [0.29, 0.717) is 18.4 Å². The first-order valence-electron chi connectivity index (χ1n) is 5.95. The molecule has 1 amide bonds. The van der Waals surface area contributed by atoms with Gasteiger partial charge in [0.1, 0.15) is 0 Å². The highest BCUT2D eigenvalue weighted by molar-refractivity contribution is 5.82. The molecule has 1 saturated carbocycles. The molecular weight excluding hydrogens is 188 g/mol. The molecule has 1 rings (SSSR count). The second-order valence-corrected chi connectivity index (χ2v) is 5.29. The van der Waals surface area contributed by atoms with E-state index in [0.717, 1.165) is 19.4 Å². The summed E-state index contributed by atoms with van der Waals surface area (Å²) in [6.45, 7) is 5.62. The van der Waals surface area contributed by atoms with E-state index in [1.54, 1.807) is 0 Å². The molecule has 1 unspecified atom stereocenters. The fourth-order valence-electron chi connectivity index (χ4n) is 2.45. The van der Waals surface area contributed by atoms with Crippen LogP contribution in [0.3, 0.4) is 0 Å². The zero-order valence-corrected chi connectivity index (χ0v) is 10.3. The molecule has 3 heteroatoms. The number of carbonyl (C=O) groups excluding carboxylic acids is 1. The van der Waals surface area contributed by atoms with Crippen molar-refractivity contribution in [3.8, 4) is 0 Å². The Kier molecular flexibility index (Phi) is 4.14. The summed E-state index contributed by atoms with van der Waals surface area (Å²) in [6.07, 6.45) is 4.49. The summed E-state index contributed by atoms with van der Waals surface area (Å²) >= 11 is 0. The third-order valence-electron chi connectivity index (χ3n) is 3.56. The number of hydrogen-bond donors (Lipinski definition) is 1. The molecule has 0 saturated heterocycles. The molecule has 1 atom stereocenters. The van der Waals surface area contributed by atoms with Crippen LogP contribution in [-0.4, -0.2) is 30.9 Å². The molecule has 0 aliphatic heterocycles. The van der Waals surface area contributed by atoms with Gasteiger partial charge in [-0.3, -0.25) is 4.79 Å². The lowest BCUT2D eigenvalue weighted by atomic mass is 9.87. The van der Waals surface area contributed by atoms with Gasteiger partial charge in [0.25, 0.3) is 0 Å². The number of carbonyl (C=O) groups is 1. The van der Waals surface area contributed by atoms with E-state index in [1.165, 1.54) is 12.8 Å². The van der Waals surface area contributed by atoms with Crippen LogP contribution in [-0.2, 0) is 4.79 Å². The van der Waals surface area contributed by atoms with Gasteiger partial charge in [0, 0.05) is 19.0 Å². The van der Waals surface area contributed by atoms with Gasteiger partial charge in [-0.25, -0.2) is 0 Å². The van der Waals surface area contributed by atoms with Crippen molar-refractivity contribution >= 4 is 5.91 Å². The maximum atomic E-state index is 12.2. The van der Waals surface area contributed by atoms with Crippen LogP contribution >= 0.6 is 0 Å². The first-order chi connectivity index (χ1) is 6.99. The van der Waals surface area contributed by atoms with Crippen LogP contribution < -0.4 is 5.73 Å². The second-order valence-electron chi connectivity index (χ2n) is 5.29. The van der Waals surface area contributed by atoms with Gasteiger partial charge in [-0.2, -0.15) is 0 Å². The zero-order valence-electron chi connectivity index (χ0n) is 10.3. The monoisotopic (exact) mass is 212 g/mol. The van der Waals surface area contributed by atoms with Crippen molar-refractivity contribution in [2.45, 2.75) is 39.5 Å². The van der Waals surface area contributed by atoms with Gasteiger partial charge in [0.2, 0.25) is 5.91 Å². The van der Waals surface area contributed by atoms with Crippen LogP contribution in [0.5, 0.6) is 0 Å². The van der Waals surface area contributed by atoms with Crippen molar-refractivity contribution in [2.75, 3.05) is 20.1 Å². The van der Waals surface area contributed by atoms with E-state index < -0.39 is 0 Å². The van der Waals surface area contributed by atoms with E-state index in [-0.39, 0.29) is 5.41 Å². The molecule has 0 aromatic carbocycles. The van der Waals surface area contributed by atoms with E-state index in [2.05, 4.69) is 13.8 Å². The smallest absolute Gasteiger partial charge is 0.228 e. The van der Waals surface area contributed by atoms with Crippen LogP contribution in [0.1, 0.15) is 39.5 Å². The van der Waals surface area contributed by atoms with Crippen LogP contribution in [0, 0.1) is 11.3 Å². The Balaban J connectivity index is 2.52. The van der Waals surface area contributed by atoms with Crippen LogP contribution in [0.2, 0.25) is 0 Å². The molecule has 0 bridgehead atoms. The molecule has 3 nitrogen and oxygen atoms in total. The van der Waals surface area contributed by atoms with Crippen molar-refractivity contribution < 1.29 is 4.79 Å². The zero-order chi connectivity index (χ0) is 11.5. The Morgan fingerprint density at radius 3 is 2.47 bits per heavy atom. The topological polar surface area (TPSA) is 46.3 Å². The molecular formula is C12H24N2O. The molecule has 1 fully saturated rings. The molecule has 0 spiro atoms. The summed E-state index contributed by atoms with van der Waals surface area (Å²) in [4.78, 5) is 14.1. The highest BCUT2D eigenvalue weighted by Gasteiger charge is 2.38. The minimum absolute atomic E-state index is 0.0942. The summed E-state index contributed by atoms with van der Waals surface area (Å²) in [7, 11) is 1.90. The molecule has 2 N–H and O–H groups in total. The molecule has 0 aromatic heterocycles. The minimum Gasteiger partial charge on any atom is -0.345 e. The summed E-state index contributed by atoms with van der Waals surface area (Å²) in [5.41, 5.74) is 5.47. The van der Waals surface area contributed by atoms with Crippen molar-refractivity contribution in [1.29, 1.82) is 0 Å².